The topological polar surface area (TPSA) is 94.6 Å². The van der Waals surface area contributed by atoms with E-state index in [9.17, 15) is 9.59 Å². The van der Waals surface area contributed by atoms with Crippen molar-refractivity contribution in [3.63, 3.8) is 0 Å². The Morgan fingerprint density at radius 2 is 2.06 bits per heavy atom. The van der Waals surface area contributed by atoms with Gasteiger partial charge in [0, 0.05) is 55.8 Å². The fourth-order valence-corrected chi connectivity index (χ4v) is 5.56. The molecule has 1 amide bonds. The zero-order valence-electron chi connectivity index (χ0n) is 20.4. The van der Waals surface area contributed by atoms with E-state index in [2.05, 4.69) is 27.7 Å². The predicted octanol–water partition coefficient (Wildman–Crippen LogP) is 3.93. The van der Waals surface area contributed by atoms with E-state index in [1.54, 1.807) is 0 Å². The maximum absolute atomic E-state index is 12.0. The molecule has 1 saturated heterocycles. The number of halogens is 1. The van der Waals surface area contributed by atoms with Crippen molar-refractivity contribution in [2.45, 2.75) is 45.4 Å². The van der Waals surface area contributed by atoms with Crippen LogP contribution in [0, 0.1) is 18.3 Å². The number of carbonyl (C=O) groups excluding carboxylic acids is 1. The summed E-state index contributed by atoms with van der Waals surface area (Å²) >= 11 is 5.64. The first-order chi connectivity index (χ1) is 16.8. The van der Waals surface area contributed by atoms with E-state index in [1.165, 1.54) is 17.5 Å². The molecule has 2 aliphatic heterocycles. The molecule has 3 heterocycles. The van der Waals surface area contributed by atoms with Crippen LogP contribution in [0.2, 0.25) is 5.02 Å². The lowest BCUT2D eigenvalue weighted by atomic mass is 9.57. The average molecular weight is 499 g/mol. The lowest BCUT2D eigenvalue weighted by Gasteiger charge is -2.58. The second-order valence-corrected chi connectivity index (χ2v) is 10.6. The third kappa shape index (κ3) is 6.95. The minimum Gasteiger partial charge on any atom is -0.481 e. The van der Waals surface area contributed by atoms with Gasteiger partial charge in [-0.1, -0.05) is 29.8 Å². The number of aryl methyl sites for hydroxylation is 2. The summed E-state index contributed by atoms with van der Waals surface area (Å²) in [5, 5.41) is 15.6. The van der Waals surface area contributed by atoms with Crippen LogP contribution in [0.5, 0.6) is 0 Å². The SMILES string of the molecule is Cc1cccc(Cl)c1.O=C(O)CCNC(=O)C1CC2(C1)CN(CCc1ccc3c(n1)NCCC3)C2. The van der Waals surface area contributed by atoms with Crippen molar-refractivity contribution in [1.29, 1.82) is 0 Å². The zero-order chi connectivity index (χ0) is 24.8. The lowest BCUT2D eigenvalue weighted by Crippen LogP contribution is -2.64. The molecule has 3 aliphatic rings. The molecule has 7 nitrogen and oxygen atoms in total. The van der Waals surface area contributed by atoms with Gasteiger partial charge in [-0.2, -0.15) is 0 Å². The molecule has 0 unspecified atom stereocenters. The standard InChI is InChI=1S/C20H28N4O3.C7H7Cl/c25-17(26)5-8-22-19(27)15-10-20(11-15)12-24(13-20)9-6-16-4-3-14-2-1-7-21-18(14)23-16;1-6-3-2-4-7(8)5-6/h3-4,15H,1-2,5-13H2,(H,21,23)(H,22,27)(H,25,26);2-5H,1H3. The van der Waals surface area contributed by atoms with Crippen LogP contribution in [0.15, 0.2) is 36.4 Å². The highest BCUT2D eigenvalue weighted by molar-refractivity contribution is 6.30. The minimum absolute atomic E-state index is 0.0103. The largest absolute Gasteiger partial charge is 0.481 e. The molecule has 1 spiro atoms. The number of hydrogen-bond donors (Lipinski definition) is 3. The quantitative estimate of drug-likeness (QED) is 0.535. The molecule has 35 heavy (non-hydrogen) atoms. The number of aliphatic carboxylic acids is 1. The van der Waals surface area contributed by atoms with E-state index in [0.717, 1.165) is 68.4 Å². The van der Waals surface area contributed by atoms with Gasteiger partial charge >= 0.3 is 5.97 Å². The van der Waals surface area contributed by atoms with E-state index in [-0.39, 0.29) is 24.8 Å². The summed E-state index contributed by atoms with van der Waals surface area (Å²) in [6, 6.07) is 12.1. The number of carboxylic acid groups (broad SMARTS) is 1. The Hall–Kier alpha value is -2.64. The van der Waals surface area contributed by atoms with Gasteiger partial charge in [0.1, 0.15) is 5.82 Å². The summed E-state index contributed by atoms with van der Waals surface area (Å²) in [6.45, 7) is 6.41. The highest BCUT2D eigenvalue weighted by Gasteiger charge is 2.53. The van der Waals surface area contributed by atoms with E-state index >= 15 is 0 Å². The van der Waals surface area contributed by atoms with Crippen molar-refractivity contribution in [3.8, 4) is 0 Å². The Labute approximate surface area is 212 Å². The number of anilines is 1. The highest BCUT2D eigenvalue weighted by Crippen LogP contribution is 2.51. The highest BCUT2D eigenvalue weighted by atomic mass is 35.5. The Morgan fingerprint density at radius 3 is 2.74 bits per heavy atom. The van der Waals surface area contributed by atoms with Crippen molar-refractivity contribution < 1.29 is 14.7 Å². The van der Waals surface area contributed by atoms with E-state index in [0.29, 0.717) is 5.41 Å². The van der Waals surface area contributed by atoms with Gasteiger partial charge in [-0.15, -0.1) is 0 Å². The molecule has 0 radical (unpaired) electrons. The average Bonchev–Trinajstić information content (AvgIpc) is 2.77. The monoisotopic (exact) mass is 498 g/mol. The third-order valence-electron chi connectivity index (χ3n) is 7.10. The van der Waals surface area contributed by atoms with Gasteiger partial charge in [0.15, 0.2) is 0 Å². The number of pyridine rings is 1. The number of benzene rings is 1. The van der Waals surface area contributed by atoms with Crippen LogP contribution < -0.4 is 10.6 Å². The second-order valence-electron chi connectivity index (χ2n) is 10.1. The second kappa shape index (κ2) is 11.4. The maximum Gasteiger partial charge on any atom is 0.305 e. The lowest BCUT2D eigenvalue weighted by molar-refractivity contribution is -0.144. The number of carbonyl (C=O) groups is 2. The molecule has 5 rings (SSSR count). The molecule has 8 heteroatoms. The molecular formula is C27H35ClN4O3. The first-order valence-corrected chi connectivity index (χ1v) is 12.9. The van der Waals surface area contributed by atoms with Crippen LogP contribution in [0.4, 0.5) is 5.82 Å². The Morgan fingerprint density at radius 1 is 1.26 bits per heavy atom. The number of aromatic nitrogens is 1. The van der Waals surface area contributed by atoms with Crippen molar-refractivity contribution in [2.75, 3.05) is 38.0 Å². The van der Waals surface area contributed by atoms with Gasteiger partial charge < -0.3 is 20.6 Å². The predicted molar refractivity (Wildman–Crippen MR) is 138 cm³/mol. The van der Waals surface area contributed by atoms with Gasteiger partial charge in [-0.3, -0.25) is 9.59 Å². The summed E-state index contributed by atoms with van der Waals surface area (Å²) in [6.07, 6.45) is 5.12. The Balaban J connectivity index is 0.000000308. The van der Waals surface area contributed by atoms with Gasteiger partial charge in [-0.25, -0.2) is 4.98 Å². The van der Waals surface area contributed by atoms with Crippen LogP contribution in [0.1, 0.15) is 42.5 Å². The molecular weight excluding hydrogens is 464 g/mol. The molecule has 188 valence electrons. The number of fused-ring (bicyclic) bond motifs is 1. The van der Waals surface area contributed by atoms with Crippen molar-refractivity contribution in [3.05, 3.63) is 58.2 Å². The first kappa shape index (κ1) is 25.5. The number of nitrogens with one attached hydrogen (secondary N) is 2. The molecule has 1 aromatic carbocycles. The zero-order valence-corrected chi connectivity index (χ0v) is 21.1. The number of hydrogen-bond acceptors (Lipinski definition) is 5. The summed E-state index contributed by atoms with van der Waals surface area (Å²) in [4.78, 5) is 29.7. The number of amides is 1. The Kier molecular flexibility index (Phi) is 8.29. The van der Waals surface area contributed by atoms with Crippen LogP contribution in [0.25, 0.3) is 0 Å². The number of nitrogens with zero attached hydrogens (tertiary/aromatic N) is 2. The van der Waals surface area contributed by atoms with Crippen molar-refractivity contribution >= 4 is 29.3 Å². The Bertz CT molecular complexity index is 1030. The minimum atomic E-state index is -0.876. The van der Waals surface area contributed by atoms with Gasteiger partial charge in [0.05, 0.1) is 6.42 Å². The molecule has 0 bridgehead atoms. The van der Waals surface area contributed by atoms with E-state index in [1.807, 2.05) is 31.2 Å². The molecule has 1 aliphatic carbocycles. The van der Waals surface area contributed by atoms with E-state index < -0.39 is 5.97 Å². The molecule has 1 aromatic heterocycles. The summed E-state index contributed by atoms with van der Waals surface area (Å²) in [5.74, 6) is 0.272. The first-order valence-electron chi connectivity index (χ1n) is 12.5. The van der Waals surface area contributed by atoms with Gasteiger partial charge in [-0.05, 0) is 67.3 Å². The molecule has 0 atom stereocenters. The normalized spacial score (nSPS) is 18.2. The molecule has 3 N–H and O–H groups in total. The summed E-state index contributed by atoms with van der Waals surface area (Å²) in [5.41, 5.74) is 4.00. The maximum atomic E-state index is 12.0. The number of rotatable bonds is 7. The van der Waals surface area contributed by atoms with Crippen LogP contribution in [-0.4, -0.2) is 59.6 Å². The number of likely N-dealkylation sites (tertiary alicyclic amines) is 1. The van der Waals surface area contributed by atoms with Crippen molar-refractivity contribution in [2.24, 2.45) is 11.3 Å². The van der Waals surface area contributed by atoms with Crippen molar-refractivity contribution in [1.82, 2.24) is 15.2 Å². The number of carboxylic acids is 1. The van der Waals surface area contributed by atoms with Gasteiger partial charge in [0.25, 0.3) is 0 Å². The smallest absolute Gasteiger partial charge is 0.305 e. The molecule has 1 saturated carbocycles. The summed E-state index contributed by atoms with van der Waals surface area (Å²) in [7, 11) is 0. The van der Waals surface area contributed by atoms with Crippen LogP contribution >= 0.6 is 11.6 Å². The summed E-state index contributed by atoms with van der Waals surface area (Å²) < 4.78 is 0. The van der Waals surface area contributed by atoms with Gasteiger partial charge in [0.2, 0.25) is 5.91 Å². The third-order valence-corrected chi connectivity index (χ3v) is 7.34. The van der Waals surface area contributed by atoms with E-state index in [4.69, 9.17) is 21.7 Å². The fourth-order valence-electron chi connectivity index (χ4n) is 5.31. The molecule has 2 fully saturated rings. The fraction of sp³-hybridized carbons (Fsp3) is 0.519. The molecule has 2 aromatic rings. The van der Waals surface area contributed by atoms with Crippen LogP contribution in [-0.2, 0) is 22.4 Å². The van der Waals surface area contributed by atoms with Crippen LogP contribution in [0.3, 0.4) is 0 Å².